The Bertz CT molecular complexity index is 506. The molecule has 1 aromatic heterocycles. The number of nitrogens with zero attached hydrogens (tertiary/aromatic N) is 5. The van der Waals surface area contributed by atoms with Crippen LogP contribution in [0.1, 0.15) is 20.3 Å². The van der Waals surface area contributed by atoms with E-state index >= 15 is 0 Å². The van der Waals surface area contributed by atoms with Crippen molar-refractivity contribution in [1.29, 1.82) is 0 Å². The fourth-order valence-corrected chi connectivity index (χ4v) is 2.85. The van der Waals surface area contributed by atoms with Gasteiger partial charge in [-0.1, -0.05) is 13.8 Å². The number of hydrogen-bond acceptors (Lipinski definition) is 8. The van der Waals surface area contributed by atoms with E-state index in [-0.39, 0.29) is 11.5 Å². The van der Waals surface area contributed by atoms with Gasteiger partial charge >= 0.3 is 5.69 Å². The van der Waals surface area contributed by atoms with Crippen molar-refractivity contribution in [2.75, 3.05) is 36.5 Å². The van der Waals surface area contributed by atoms with Crippen molar-refractivity contribution in [1.82, 2.24) is 14.9 Å². The van der Waals surface area contributed by atoms with E-state index in [1.165, 1.54) is 6.33 Å². The zero-order chi connectivity index (χ0) is 15.4. The lowest BCUT2D eigenvalue weighted by atomic mass is 10.2. The van der Waals surface area contributed by atoms with Crippen molar-refractivity contribution in [2.24, 2.45) is 5.84 Å². The Kier molecular flexibility index (Phi) is 4.86. The molecule has 0 spiro atoms. The normalized spacial score (nSPS) is 18.3. The van der Waals surface area contributed by atoms with E-state index < -0.39 is 4.92 Å². The number of anilines is 2. The Labute approximate surface area is 123 Å². The molecule has 0 bridgehead atoms. The highest BCUT2D eigenvalue weighted by Crippen LogP contribution is 2.33. The number of hydrogen-bond donors (Lipinski definition) is 2. The Morgan fingerprint density at radius 1 is 1.52 bits per heavy atom. The number of hydrazine groups is 1. The lowest BCUT2D eigenvalue weighted by Gasteiger charge is -2.26. The molecule has 0 radical (unpaired) electrons. The fourth-order valence-electron chi connectivity index (χ4n) is 2.85. The second kappa shape index (κ2) is 6.64. The van der Waals surface area contributed by atoms with E-state index in [0.717, 1.165) is 32.6 Å². The first-order valence-corrected chi connectivity index (χ1v) is 7.07. The van der Waals surface area contributed by atoms with Crippen LogP contribution in [0.5, 0.6) is 0 Å². The van der Waals surface area contributed by atoms with Crippen LogP contribution in [-0.2, 0) is 0 Å². The van der Waals surface area contributed by atoms with Gasteiger partial charge in [0.05, 0.1) is 4.92 Å². The molecule has 1 saturated heterocycles. The second-order valence-electron chi connectivity index (χ2n) is 4.91. The van der Waals surface area contributed by atoms with Gasteiger partial charge in [0.1, 0.15) is 6.33 Å². The van der Waals surface area contributed by atoms with Gasteiger partial charge in [0.15, 0.2) is 0 Å². The van der Waals surface area contributed by atoms with E-state index in [9.17, 15) is 10.1 Å². The Morgan fingerprint density at radius 2 is 2.24 bits per heavy atom. The van der Waals surface area contributed by atoms with Crippen molar-refractivity contribution >= 4 is 17.3 Å². The lowest BCUT2D eigenvalue weighted by molar-refractivity contribution is -0.383. The average molecular weight is 295 g/mol. The zero-order valence-electron chi connectivity index (χ0n) is 12.3. The molecule has 116 valence electrons. The number of nitrogens with one attached hydrogen (secondary N) is 1. The molecule has 3 N–H and O–H groups in total. The van der Waals surface area contributed by atoms with Crippen LogP contribution in [0.15, 0.2) is 6.33 Å². The number of likely N-dealkylation sites (N-methyl/N-ethyl adjacent to an activating group) is 1. The van der Waals surface area contributed by atoms with Crippen LogP contribution >= 0.6 is 0 Å². The molecular formula is C12H21N7O2. The molecular weight excluding hydrogens is 274 g/mol. The highest BCUT2D eigenvalue weighted by molar-refractivity contribution is 5.70. The van der Waals surface area contributed by atoms with Gasteiger partial charge in [-0.3, -0.25) is 15.0 Å². The van der Waals surface area contributed by atoms with Crippen molar-refractivity contribution in [3.63, 3.8) is 0 Å². The van der Waals surface area contributed by atoms with Crippen molar-refractivity contribution < 1.29 is 4.92 Å². The first-order valence-electron chi connectivity index (χ1n) is 7.07. The van der Waals surface area contributed by atoms with Gasteiger partial charge in [-0.25, -0.2) is 15.8 Å². The number of nitrogens with two attached hydrogens (primary N) is 1. The minimum atomic E-state index is -0.491. The van der Waals surface area contributed by atoms with Gasteiger partial charge in [-0.2, -0.15) is 0 Å². The van der Waals surface area contributed by atoms with Crippen LogP contribution in [0.4, 0.5) is 17.3 Å². The standard InChI is InChI=1S/C12H21N7O2/c1-3-17(4-2)9-5-6-18(7-9)12-10(19(20)21)11(16-13)14-8-15-12/h8-9H,3-7,13H2,1-2H3,(H,14,15,16). The summed E-state index contributed by atoms with van der Waals surface area (Å²) in [5.41, 5.74) is 2.10. The maximum absolute atomic E-state index is 11.3. The summed E-state index contributed by atoms with van der Waals surface area (Å²) in [5, 5.41) is 11.3. The van der Waals surface area contributed by atoms with Gasteiger partial charge in [-0.05, 0) is 19.5 Å². The maximum Gasteiger partial charge on any atom is 0.354 e. The summed E-state index contributed by atoms with van der Waals surface area (Å²) < 4.78 is 0. The summed E-state index contributed by atoms with van der Waals surface area (Å²) in [4.78, 5) is 23.0. The van der Waals surface area contributed by atoms with Gasteiger partial charge < -0.3 is 10.3 Å². The van der Waals surface area contributed by atoms with Crippen LogP contribution in [-0.4, -0.2) is 52.0 Å². The van der Waals surface area contributed by atoms with Crippen LogP contribution in [0.25, 0.3) is 0 Å². The van der Waals surface area contributed by atoms with E-state index in [1.54, 1.807) is 0 Å². The van der Waals surface area contributed by atoms with Crippen molar-refractivity contribution in [3.05, 3.63) is 16.4 Å². The Morgan fingerprint density at radius 3 is 2.81 bits per heavy atom. The predicted molar refractivity (Wildman–Crippen MR) is 80.0 cm³/mol. The average Bonchev–Trinajstić information content (AvgIpc) is 2.97. The smallest absolute Gasteiger partial charge is 0.349 e. The molecule has 0 aliphatic carbocycles. The molecule has 1 fully saturated rings. The molecule has 1 aromatic rings. The molecule has 1 unspecified atom stereocenters. The summed E-state index contributed by atoms with van der Waals surface area (Å²) in [6, 6.07) is 0.392. The minimum absolute atomic E-state index is 0.0382. The predicted octanol–water partition coefficient (Wildman–Crippen LogP) is 0.591. The first kappa shape index (κ1) is 15.4. The highest BCUT2D eigenvalue weighted by atomic mass is 16.6. The molecule has 0 amide bonds. The van der Waals surface area contributed by atoms with Crippen LogP contribution in [0.2, 0.25) is 0 Å². The number of nitrogen functional groups attached to an aromatic ring is 1. The van der Waals surface area contributed by atoms with E-state index in [2.05, 4.69) is 34.1 Å². The molecule has 1 aliphatic rings. The highest BCUT2D eigenvalue weighted by Gasteiger charge is 2.33. The quantitative estimate of drug-likeness (QED) is 0.445. The van der Waals surface area contributed by atoms with Crippen molar-refractivity contribution in [2.45, 2.75) is 26.3 Å². The molecule has 0 saturated carbocycles. The van der Waals surface area contributed by atoms with Gasteiger partial charge in [0.25, 0.3) is 0 Å². The minimum Gasteiger partial charge on any atom is -0.349 e. The van der Waals surface area contributed by atoms with Crippen LogP contribution in [0, 0.1) is 10.1 Å². The van der Waals surface area contributed by atoms with Gasteiger partial charge in [0.2, 0.25) is 11.6 Å². The third-order valence-electron chi connectivity index (χ3n) is 3.91. The molecule has 21 heavy (non-hydrogen) atoms. The zero-order valence-corrected chi connectivity index (χ0v) is 12.3. The topological polar surface area (TPSA) is 113 Å². The summed E-state index contributed by atoms with van der Waals surface area (Å²) in [6.45, 7) is 7.64. The van der Waals surface area contributed by atoms with Gasteiger partial charge in [0, 0.05) is 19.1 Å². The summed E-state index contributed by atoms with van der Waals surface area (Å²) in [7, 11) is 0. The Hall–Kier alpha value is -2.00. The Balaban J connectivity index is 2.26. The monoisotopic (exact) mass is 295 g/mol. The maximum atomic E-state index is 11.3. The molecule has 0 aromatic carbocycles. The molecule has 1 aliphatic heterocycles. The van der Waals surface area contributed by atoms with E-state index in [4.69, 9.17) is 5.84 Å². The van der Waals surface area contributed by atoms with Gasteiger partial charge in [-0.15, -0.1) is 0 Å². The molecule has 9 heteroatoms. The largest absolute Gasteiger partial charge is 0.354 e. The van der Waals surface area contributed by atoms with Crippen LogP contribution in [0.3, 0.4) is 0 Å². The molecule has 2 heterocycles. The third-order valence-corrected chi connectivity index (χ3v) is 3.91. The first-order chi connectivity index (χ1) is 10.1. The summed E-state index contributed by atoms with van der Waals surface area (Å²) in [6.07, 6.45) is 2.26. The fraction of sp³-hybridized carbons (Fsp3) is 0.667. The third kappa shape index (κ3) is 3.03. The molecule has 9 nitrogen and oxygen atoms in total. The van der Waals surface area contributed by atoms with Crippen LogP contribution < -0.4 is 16.2 Å². The molecule has 1 atom stereocenters. The SMILES string of the molecule is CCN(CC)C1CCN(c2ncnc(NN)c2[N+](=O)[O-])C1. The lowest BCUT2D eigenvalue weighted by Crippen LogP contribution is -2.37. The molecule has 2 rings (SSSR count). The number of aromatic nitrogens is 2. The summed E-state index contributed by atoms with van der Waals surface area (Å²) in [5.74, 6) is 5.67. The van der Waals surface area contributed by atoms with E-state index in [1.807, 2.05) is 4.90 Å². The second-order valence-corrected chi connectivity index (χ2v) is 4.91. The van der Waals surface area contributed by atoms with E-state index in [0.29, 0.717) is 11.9 Å². The number of rotatable bonds is 6. The summed E-state index contributed by atoms with van der Waals surface area (Å²) >= 11 is 0. The van der Waals surface area contributed by atoms with Crippen molar-refractivity contribution in [3.8, 4) is 0 Å². The number of nitro groups is 1.